The lowest BCUT2D eigenvalue weighted by atomic mass is 10.2. The number of pyridine rings is 1. The first-order valence-electron chi connectivity index (χ1n) is 8.67. The molecule has 0 saturated carbocycles. The predicted octanol–water partition coefficient (Wildman–Crippen LogP) is 1.28. The van der Waals surface area contributed by atoms with Crippen LogP contribution < -0.4 is 10.2 Å². The number of fused-ring (bicyclic) bond motifs is 1. The van der Waals surface area contributed by atoms with E-state index in [1.54, 1.807) is 56.7 Å². The Kier molecular flexibility index (Phi) is 4.77. The van der Waals surface area contributed by atoms with Crippen molar-refractivity contribution < 1.29 is 19.1 Å². The Balaban J connectivity index is 1.75. The third-order valence-electron chi connectivity index (χ3n) is 4.08. The van der Waals surface area contributed by atoms with Crippen LogP contribution in [0.4, 0.5) is 10.6 Å². The van der Waals surface area contributed by atoms with E-state index in [2.05, 4.69) is 10.3 Å². The monoisotopic (exact) mass is 373 g/mol. The van der Waals surface area contributed by atoms with Crippen molar-refractivity contribution in [1.82, 2.24) is 19.6 Å². The van der Waals surface area contributed by atoms with Gasteiger partial charge in [0.25, 0.3) is 5.91 Å². The van der Waals surface area contributed by atoms with Crippen LogP contribution in [0.2, 0.25) is 0 Å². The first kappa shape index (κ1) is 18.7. The molecule has 144 valence electrons. The summed E-state index contributed by atoms with van der Waals surface area (Å²) in [5.74, 6) is 0.0501. The van der Waals surface area contributed by atoms with E-state index in [0.29, 0.717) is 30.1 Å². The smallest absolute Gasteiger partial charge is 0.410 e. The van der Waals surface area contributed by atoms with Gasteiger partial charge < -0.3 is 14.5 Å². The topological polar surface area (TPSA) is 96.2 Å². The number of anilines is 1. The van der Waals surface area contributed by atoms with Crippen molar-refractivity contribution in [2.45, 2.75) is 26.4 Å². The molecule has 1 aliphatic heterocycles. The standard InChI is InChI=1S/C18H23N5O4/c1-18(2,3)27-17(26)21-7-8-23(15(24)11-21)14-10-22-9-12(16(25)19-4)5-6-13(22)20-14/h5-6,9-10H,7-8,11H2,1-4H3,(H,19,25). The molecule has 2 aromatic rings. The minimum Gasteiger partial charge on any atom is -0.444 e. The van der Waals surface area contributed by atoms with Crippen molar-refractivity contribution in [1.29, 1.82) is 0 Å². The number of ether oxygens (including phenoxy) is 1. The number of carbonyl (C=O) groups is 3. The molecule has 0 unspecified atom stereocenters. The van der Waals surface area contributed by atoms with Crippen LogP contribution in [0.15, 0.2) is 24.5 Å². The molecule has 0 radical (unpaired) electrons. The molecule has 2 aromatic heterocycles. The number of amides is 3. The van der Waals surface area contributed by atoms with Gasteiger partial charge in [0.05, 0.1) is 11.8 Å². The summed E-state index contributed by atoms with van der Waals surface area (Å²) in [7, 11) is 1.56. The van der Waals surface area contributed by atoms with Gasteiger partial charge in [0.1, 0.15) is 17.8 Å². The van der Waals surface area contributed by atoms with Gasteiger partial charge in [0, 0.05) is 26.3 Å². The zero-order valence-corrected chi connectivity index (χ0v) is 15.9. The Bertz CT molecular complexity index is 899. The summed E-state index contributed by atoms with van der Waals surface area (Å²) in [5.41, 5.74) is 0.511. The molecular formula is C18H23N5O4. The van der Waals surface area contributed by atoms with E-state index in [-0.39, 0.29) is 18.4 Å². The lowest BCUT2D eigenvalue weighted by Crippen LogP contribution is -2.53. The maximum absolute atomic E-state index is 12.5. The van der Waals surface area contributed by atoms with Crippen LogP contribution in [0, 0.1) is 0 Å². The van der Waals surface area contributed by atoms with E-state index in [1.165, 1.54) is 9.80 Å². The maximum atomic E-state index is 12.5. The van der Waals surface area contributed by atoms with Crippen LogP contribution in [-0.2, 0) is 9.53 Å². The van der Waals surface area contributed by atoms with Gasteiger partial charge in [-0.05, 0) is 32.9 Å². The molecule has 0 atom stereocenters. The summed E-state index contributed by atoms with van der Waals surface area (Å²) in [4.78, 5) is 43.8. The second-order valence-corrected chi connectivity index (χ2v) is 7.31. The van der Waals surface area contributed by atoms with Crippen LogP contribution in [0.25, 0.3) is 5.65 Å². The molecule has 27 heavy (non-hydrogen) atoms. The number of hydrogen-bond donors (Lipinski definition) is 1. The third-order valence-corrected chi connectivity index (χ3v) is 4.08. The van der Waals surface area contributed by atoms with Crippen LogP contribution in [0.1, 0.15) is 31.1 Å². The summed E-state index contributed by atoms with van der Waals surface area (Å²) in [6.07, 6.45) is 2.86. The number of nitrogens with zero attached hydrogens (tertiary/aromatic N) is 4. The van der Waals surface area contributed by atoms with Gasteiger partial charge in [-0.3, -0.25) is 19.4 Å². The van der Waals surface area contributed by atoms with Crippen LogP contribution in [-0.4, -0.2) is 64.5 Å². The second kappa shape index (κ2) is 6.90. The van der Waals surface area contributed by atoms with Crippen LogP contribution in [0.5, 0.6) is 0 Å². The summed E-state index contributed by atoms with van der Waals surface area (Å²) in [6.45, 7) is 5.97. The Morgan fingerprint density at radius 3 is 2.56 bits per heavy atom. The Morgan fingerprint density at radius 2 is 1.93 bits per heavy atom. The third kappa shape index (κ3) is 4.02. The molecule has 3 amide bonds. The van der Waals surface area contributed by atoms with E-state index in [0.717, 1.165) is 0 Å². The van der Waals surface area contributed by atoms with Crippen LogP contribution in [0.3, 0.4) is 0 Å². The highest BCUT2D eigenvalue weighted by Crippen LogP contribution is 2.19. The SMILES string of the molecule is CNC(=O)c1ccc2nc(N3CCN(C(=O)OC(C)(C)C)CC3=O)cn2c1. The number of piperazine rings is 1. The zero-order chi connectivity index (χ0) is 19.8. The highest BCUT2D eigenvalue weighted by molar-refractivity contribution is 5.97. The summed E-state index contributed by atoms with van der Waals surface area (Å²) in [5, 5.41) is 2.57. The molecule has 9 heteroatoms. The van der Waals surface area contributed by atoms with Gasteiger partial charge in [-0.25, -0.2) is 9.78 Å². The molecule has 3 heterocycles. The lowest BCUT2D eigenvalue weighted by molar-refractivity contribution is -0.121. The van der Waals surface area contributed by atoms with Crippen molar-refractivity contribution in [3.8, 4) is 0 Å². The Hall–Kier alpha value is -3.10. The average molecular weight is 373 g/mol. The molecule has 1 N–H and O–H groups in total. The molecule has 0 aliphatic carbocycles. The highest BCUT2D eigenvalue weighted by Gasteiger charge is 2.31. The van der Waals surface area contributed by atoms with Crippen molar-refractivity contribution in [3.05, 3.63) is 30.1 Å². The summed E-state index contributed by atoms with van der Waals surface area (Å²) >= 11 is 0. The molecule has 1 fully saturated rings. The quantitative estimate of drug-likeness (QED) is 0.855. The number of carbonyl (C=O) groups excluding carboxylic acids is 3. The normalized spacial score (nSPS) is 15.2. The van der Waals surface area contributed by atoms with Crippen molar-refractivity contribution >= 4 is 29.4 Å². The second-order valence-electron chi connectivity index (χ2n) is 7.31. The highest BCUT2D eigenvalue weighted by atomic mass is 16.6. The van der Waals surface area contributed by atoms with Gasteiger partial charge in [-0.15, -0.1) is 0 Å². The lowest BCUT2D eigenvalue weighted by Gasteiger charge is -2.34. The van der Waals surface area contributed by atoms with Gasteiger partial charge >= 0.3 is 6.09 Å². The van der Waals surface area contributed by atoms with Gasteiger partial charge in [0.15, 0.2) is 5.82 Å². The first-order valence-corrected chi connectivity index (χ1v) is 8.67. The molecule has 3 rings (SSSR count). The molecule has 0 spiro atoms. The van der Waals surface area contributed by atoms with E-state index >= 15 is 0 Å². The largest absolute Gasteiger partial charge is 0.444 e. The molecule has 1 aliphatic rings. The fourth-order valence-electron chi connectivity index (χ4n) is 2.78. The average Bonchev–Trinajstić information content (AvgIpc) is 3.02. The van der Waals surface area contributed by atoms with Crippen molar-refractivity contribution in [2.75, 3.05) is 31.6 Å². The van der Waals surface area contributed by atoms with E-state index in [1.807, 2.05) is 0 Å². The van der Waals surface area contributed by atoms with Crippen molar-refractivity contribution in [3.63, 3.8) is 0 Å². The minimum absolute atomic E-state index is 0.0632. The Morgan fingerprint density at radius 1 is 1.19 bits per heavy atom. The number of hydrogen-bond acceptors (Lipinski definition) is 5. The number of imidazole rings is 1. The maximum Gasteiger partial charge on any atom is 0.410 e. The van der Waals surface area contributed by atoms with Gasteiger partial charge in [0.2, 0.25) is 5.91 Å². The van der Waals surface area contributed by atoms with Gasteiger partial charge in [-0.2, -0.15) is 0 Å². The fraction of sp³-hybridized carbons (Fsp3) is 0.444. The zero-order valence-electron chi connectivity index (χ0n) is 15.9. The first-order chi connectivity index (χ1) is 12.7. The predicted molar refractivity (Wildman–Crippen MR) is 98.7 cm³/mol. The molecule has 1 saturated heterocycles. The van der Waals surface area contributed by atoms with E-state index in [9.17, 15) is 14.4 Å². The number of nitrogens with one attached hydrogen (secondary N) is 1. The molecule has 9 nitrogen and oxygen atoms in total. The summed E-state index contributed by atoms with van der Waals surface area (Å²) < 4.78 is 7.02. The fourth-order valence-corrected chi connectivity index (χ4v) is 2.78. The number of rotatable bonds is 2. The molecular weight excluding hydrogens is 350 g/mol. The van der Waals surface area contributed by atoms with E-state index < -0.39 is 11.7 Å². The van der Waals surface area contributed by atoms with Crippen molar-refractivity contribution in [2.24, 2.45) is 0 Å². The molecule has 0 bridgehead atoms. The molecule has 0 aromatic carbocycles. The Labute approximate surface area is 156 Å². The van der Waals surface area contributed by atoms with Crippen LogP contribution >= 0.6 is 0 Å². The minimum atomic E-state index is -0.610. The summed E-state index contributed by atoms with van der Waals surface area (Å²) in [6, 6.07) is 3.39. The van der Waals surface area contributed by atoms with E-state index in [4.69, 9.17) is 4.74 Å². The van der Waals surface area contributed by atoms with Gasteiger partial charge in [-0.1, -0.05) is 0 Å². The number of aromatic nitrogens is 2.